The number of unbranched alkanes of at least 4 members (excludes halogenated alkanes) is 15. The van der Waals surface area contributed by atoms with E-state index in [2.05, 4.69) is 26.0 Å². The quantitative estimate of drug-likeness (QED) is 0.234. The van der Waals surface area contributed by atoms with Crippen LogP contribution in [0.5, 0.6) is 5.75 Å². The van der Waals surface area contributed by atoms with Crippen LogP contribution in [-0.2, 0) is 12.8 Å². The second-order valence-electron chi connectivity index (χ2n) is 8.77. The molecule has 162 valence electrons. The molecule has 0 bridgehead atoms. The van der Waals surface area contributed by atoms with Gasteiger partial charge in [-0.2, -0.15) is 0 Å². The number of hydrogen-bond acceptors (Lipinski definition) is 1. The highest BCUT2D eigenvalue weighted by molar-refractivity contribution is 5.36. The first-order chi connectivity index (χ1) is 13.8. The molecule has 1 heteroatoms. The predicted molar refractivity (Wildman–Crippen MR) is 125 cm³/mol. The Morgan fingerprint density at radius 2 is 0.964 bits per heavy atom. The van der Waals surface area contributed by atoms with Crippen molar-refractivity contribution in [3.8, 4) is 5.75 Å². The van der Waals surface area contributed by atoms with Crippen molar-refractivity contribution >= 4 is 0 Å². The van der Waals surface area contributed by atoms with Crippen LogP contribution < -0.4 is 0 Å². The fraction of sp³-hybridized carbons (Fsp3) is 0.778. The number of aryl methyl sites for hydroxylation is 2. The lowest BCUT2D eigenvalue weighted by Gasteiger charge is -2.08. The second kappa shape index (κ2) is 18.1. The van der Waals surface area contributed by atoms with E-state index >= 15 is 0 Å². The first-order valence-corrected chi connectivity index (χ1v) is 12.6. The Morgan fingerprint density at radius 1 is 0.536 bits per heavy atom. The zero-order valence-corrected chi connectivity index (χ0v) is 19.1. The maximum absolute atomic E-state index is 10.2. The van der Waals surface area contributed by atoms with Crippen LogP contribution in [0.25, 0.3) is 0 Å². The topological polar surface area (TPSA) is 20.2 Å². The summed E-state index contributed by atoms with van der Waals surface area (Å²) < 4.78 is 0. The minimum Gasteiger partial charge on any atom is -0.508 e. The summed E-state index contributed by atoms with van der Waals surface area (Å²) in [6.07, 6.45) is 25.4. The maximum Gasteiger partial charge on any atom is 0.118 e. The zero-order valence-electron chi connectivity index (χ0n) is 19.1. The molecular weight excluding hydrogens is 340 g/mol. The van der Waals surface area contributed by atoms with Crippen molar-refractivity contribution in [2.75, 3.05) is 0 Å². The number of hydrogen-bond donors (Lipinski definition) is 1. The summed E-state index contributed by atoms with van der Waals surface area (Å²) in [5.41, 5.74) is 2.58. The lowest BCUT2D eigenvalue weighted by molar-refractivity contribution is 0.465. The first-order valence-electron chi connectivity index (χ1n) is 12.6. The molecule has 1 nitrogen and oxygen atoms in total. The molecule has 0 saturated heterocycles. The van der Waals surface area contributed by atoms with Crippen LogP contribution >= 0.6 is 0 Å². The van der Waals surface area contributed by atoms with Gasteiger partial charge in [-0.1, -0.05) is 122 Å². The van der Waals surface area contributed by atoms with Crippen LogP contribution in [0.2, 0.25) is 0 Å². The van der Waals surface area contributed by atoms with Gasteiger partial charge in [0.15, 0.2) is 0 Å². The van der Waals surface area contributed by atoms with Gasteiger partial charge in [0, 0.05) is 0 Å². The van der Waals surface area contributed by atoms with Crippen molar-refractivity contribution in [2.24, 2.45) is 0 Å². The number of benzene rings is 1. The molecule has 1 N–H and O–H groups in total. The average molecular weight is 389 g/mol. The van der Waals surface area contributed by atoms with Crippen LogP contribution in [0.4, 0.5) is 0 Å². The van der Waals surface area contributed by atoms with E-state index in [1.54, 1.807) is 0 Å². The second-order valence-corrected chi connectivity index (χ2v) is 8.77. The number of rotatable bonds is 19. The van der Waals surface area contributed by atoms with E-state index in [9.17, 15) is 5.11 Å². The fourth-order valence-corrected chi connectivity index (χ4v) is 4.08. The van der Waals surface area contributed by atoms with Gasteiger partial charge in [-0.15, -0.1) is 0 Å². The van der Waals surface area contributed by atoms with Gasteiger partial charge >= 0.3 is 0 Å². The Bertz CT molecular complexity index is 465. The van der Waals surface area contributed by atoms with Gasteiger partial charge in [0.1, 0.15) is 5.75 Å². The van der Waals surface area contributed by atoms with Crippen molar-refractivity contribution in [3.05, 3.63) is 29.3 Å². The third-order valence-electron chi connectivity index (χ3n) is 6.01. The Labute approximate surface area is 176 Å². The molecule has 0 unspecified atom stereocenters. The zero-order chi connectivity index (χ0) is 20.3. The van der Waals surface area contributed by atoms with Gasteiger partial charge in [0.25, 0.3) is 0 Å². The summed E-state index contributed by atoms with van der Waals surface area (Å²) in [6, 6.07) is 6.31. The highest BCUT2D eigenvalue weighted by Gasteiger charge is 2.04. The molecule has 0 aromatic heterocycles. The van der Waals surface area contributed by atoms with Crippen LogP contribution in [0.15, 0.2) is 18.2 Å². The molecule has 1 rings (SSSR count). The van der Waals surface area contributed by atoms with Crippen LogP contribution in [-0.4, -0.2) is 5.11 Å². The third kappa shape index (κ3) is 13.2. The lowest BCUT2D eigenvalue weighted by Crippen LogP contribution is -1.92. The predicted octanol–water partition coefficient (Wildman–Crippen LogP) is 9.15. The summed E-state index contributed by atoms with van der Waals surface area (Å²) >= 11 is 0. The molecule has 0 aliphatic rings. The molecule has 28 heavy (non-hydrogen) atoms. The summed E-state index contributed by atoms with van der Waals surface area (Å²) in [6.45, 7) is 4.55. The molecule has 0 aliphatic heterocycles. The Kier molecular flexibility index (Phi) is 16.2. The van der Waals surface area contributed by atoms with Crippen molar-refractivity contribution in [3.63, 3.8) is 0 Å². The number of aromatic hydroxyl groups is 1. The van der Waals surface area contributed by atoms with E-state index in [0.717, 1.165) is 12.0 Å². The van der Waals surface area contributed by atoms with Crippen LogP contribution in [0, 0.1) is 0 Å². The molecule has 0 amide bonds. The van der Waals surface area contributed by atoms with E-state index in [1.165, 1.54) is 121 Å². The van der Waals surface area contributed by atoms with Crippen molar-refractivity contribution in [2.45, 2.75) is 136 Å². The lowest BCUT2D eigenvalue weighted by atomic mass is 9.99. The molecule has 0 aliphatic carbocycles. The Hall–Kier alpha value is -0.980. The normalized spacial score (nSPS) is 11.2. The number of phenols is 1. The molecule has 0 heterocycles. The third-order valence-corrected chi connectivity index (χ3v) is 6.01. The monoisotopic (exact) mass is 388 g/mol. The molecular formula is C27H48O. The van der Waals surface area contributed by atoms with Crippen molar-refractivity contribution < 1.29 is 5.11 Å². The van der Waals surface area contributed by atoms with E-state index < -0.39 is 0 Å². The summed E-state index contributed by atoms with van der Waals surface area (Å²) in [4.78, 5) is 0. The molecule has 1 aromatic rings. The molecule has 1 aromatic carbocycles. The van der Waals surface area contributed by atoms with Gasteiger partial charge in [0.05, 0.1) is 0 Å². The smallest absolute Gasteiger partial charge is 0.118 e. The standard InChI is InChI=1S/C27H48O/c1-3-5-7-9-11-12-13-15-16-18-20-25-22-23-27(28)26(24-25)21-19-17-14-10-8-6-4-2/h22-24,28H,3-21H2,1-2H3. The van der Waals surface area contributed by atoms with Gasteiger partial charge in [0.2, 0.25) is 0 Å². The van der Waals surface area contributed by atoms with E-state index in [0.29, 0.717) is 5.75 Å². The largest absolute Gasteiger partial charge is 0.508 e. The molecule has 0 fully saturated rings. The average Bonchev–Trinajstić information content (AvgIpc) is 2.70. The van der Waals surface area contributed by atoms with E-state index in [4.69, 9.17) is 0 Å². The van der Waals surface area contributed by atoms with Gasteiger partial charge in [-0.05, 0) is 42.9 Å². The fourth-order valence-electron chi connectivity index (χ4n) is 4.08. The summed E-state index contributed by atoms with van der Waals surface area (Å²) in [5, 5.41) is 10.2. The minimum absolute atomic E-state index is 0.498. The SMILES string of the molecule is CCCCCCCCCCCCc1ccc(O)c(CCCCCCCCC)c1. The maximum atomic E-state index is 10.2. The molecule has 0 saturated carbocycles. The molecule has 0 spiro atoms. The first kappa shape index (κ1) is 25.1. The summed E-state index contributed by atoms with van der Waals surface area (Å²) in [5.74, 6) is 0.498. The van der Waals surface area contributed by atoms with E-state index in [-0.39, 0.29) is 0 Å². The number of phenolic OH excluding ortho intramolecular Hbond substituents is 1. The van der Waals surface area contributed by atoms with Gasteiger partial charge < -0.3 is 5.11 Å². The van der Waals surface area contributed by atoms with E-state index in [1.807, 2.05) is 6.07 Å². The summed E-state index contributed by atoms with van der Waals surface area (Å²) in [7, 11) is 0. The Balaban J connectivity index is 2.10. The van der Waals surface area contributed by atoms with Gasteiger partial charge in [-0.3, -0.25) is 0 Å². The molecule has 0 atom stereocenters. The minimum atomic E-state index is 0.498. The highest BCUT2D eigenvalue weighted by atomic mass is 16.3. The van der Waals surface area contributed by atoms with Crippen molar-refractivity contribution in [1.29, 1.82) is 0 Å². The highest BCUT2D eigenvalue weighted by Crippen LogP contribution is 2.23. The van der Waals surface area contributed by atoms with Crippen LogP contribution in [0.3, 0.4) is 0 Å². The van der Waals surface area contributed by atoms with Crippen LogP contribution in [0.1, 0.15) is 134 Å². The Morgan fingerprint density at radius 3 is 1.46 bits per heavy atom. The van der Waals surface area contributed by atoms with Crippen molar-refractivity contribution in [1.82, 2.24) is 0 Å². The van der Waals surface area contributed by atoms with Gasteiger partial charge in [-0.25, -0.2) is 0 Å². The molecule has 0 radical (unpaired) electrons.